The number of nitrogen functional groups attached to an aromatic ring is 1. The van der Waals surface area contributed by atoms with Gasteiger partial charge in [-0.25, -0.2) is 4.98 Å². The lowest BCUT2D eigenvalue weighted by atomic mass is 10.1. The molecular weight excluding hydrogens is 210 g/mol. The Balaban J connectivity index is 2.66. The summed E-state index contributed by atoms with van der Waals surface area (Å²) in [4.78, 5) is 14.7. The van der Waals surface area contributed by atoms with Gasteiger partial charge in [-0.05, 0) is 23.4 Å². The zero-order valence-electron chi connectivity index (χ0n) is 8.49. The van der Waals surface area contributed by atoms with E-state index in [0.29, 0.717) is 15.9 Å². The Hall–Kier alpha value is -2.31. The number of anilines is 1. The zero-order chi connectivity index (χ0) is 11.7. The molecule has 0 aliphatic rings. The number of hydrogen-bond acceptors (Lipinski definition) is 6. The van der Waals surface area contributed by atoms with E-state index in [1.807, 2.05) is 0 Å². The van der Waals surface area contributed by atoms with E-state index in [0.717, 1.165) is 0 Å². The fourth-order valence-corrected chi connectivity index (χ4v) is 1.40. The second kappa shape index (κ2) is 3.69. The maximum absolute atomic E-state index is 11.4. The van der Waals surface area contributed by atoms with Gasteiger partial charge in [-0.1, -0.05) is 11.2 Å². The van der Waals surface area contributed by atoms with Gasteiger partial charge in [0.25, 0.3) is 11.5 Å². The highest BCUT2D eigenvalue weighted by Crippen LogP contribution is 2.19. The highest BCUT2D eigenvalue weighted by atomic mass is 16.5. The van der Waals surface area contributed by atoms with Gasteiger partial charge in [0.15, 0.2) is 0 Å². The fourth-order valence-electron chi connectivity index (χ4n) is 1.40. The maximum atomic E-state index is 11.4. The lowest BCUT2D eigenvalue weighted by molar-refractivity contribution is -0.641. The number of aromatic nitrogens is 3. The van der Waals surface area contributed by atoms with Crippen molar-refractivity contribution in [1.29, 1.82) is 0 Å². The van der Waals surface area contributed by atoms with Crippen molar-refractivity contribution in [1.82, 2.24) is 10.1 Å². The van der Waals surface area contributed by atoms with E-state index in [1.54, 1.807) is 19.1 Å². The van der Waals surface area contributed by atoms with Crippen molar-refractivity contribution in [3.63, 3.8) is 0 Å². The van der Waals surface area contributed by atoms with Gasteiger partial charge in [-0.15, -0.1) is 0 Å². The molecule has 82 valence electrons. The number of nitrogens with zero attached hydrogens (tertiary/aromatic N) is 4. The normalized spacial score (nSPS) is 12.6. The molecule has 0 aliphatic carbocycles. The summed E-state index contributed by atoms with van der Waals surface area (Å²) in [6, 6.07) is 4.31. The molecule has 1 aromatic carbocycles. The number of fused-ring (bicyclic) bond motifs is 1. The summed E-state index contributed by atoms with van der Waals surface area (Å²) in [5.41, 5.74) is 6.68. The topological polar surface area (TPSA) is 108 Å². The Bertz CT molecular complexity index is 557. The maximum Gasteiger partial charge on any atom is 0.288 e. The Morgan fingerprint density at radius 3 is 3.00 bits per heavy atom. The van der Waals surface area contributed by atoms with Gasteiger partial charge in [0.1, 0.15) is 11.6 Å². The van der Waals surface area contributed by atoms with Crippen molar-refractivity contribution in [3.8, 4) is 0 Å². The van der Waals surface area contributed by atoms with E-state index >= 15 is 0 Å². The van der Waals surface area contributed by atoms with Gasteiger partial charge in [0.05, 0.1) is 5.10 Å². The molecule has 7 heteroatoms. The second-order valence-corrected chi connectivity index (χ2v) is 3.37. The molecule has 0 saturated carbocycles. The molecule has 0 aliphatic heterocycles. The standard InChI is InChI=1S/C9H9N5O2/c1-5(13-15)6-2-3-7-8(4-6)14(16)12-9(10)11-7/h2-5H,1H3,(H2,10,11,12). The van der Waals surface area contributed by atoms with Gasteiger partial charge < -0.3 is 10.9 Å². The van der Waals surface area contributed by atoms with E-state index in [-0.39, 0.29) is 11.5 Å². The van der Waals surface area contributed by atoms with E-state index in [4.69, 9.17) is 5.73 Å². The highest BCUT2D eigenvalue weighted by molar-refractivity contribution is 5.72. The van der Waals surface area contributed by atoms with Crippen LogP contribution in [0, 0.1) is 10.1 Å². The summed E-state index contributed by atoms with van der Waals surface area (Å²) in [5, 5.41) is 17.8. The predicted molar refractivity (Wildman–Crippen MR) is 57.1 cm³/mol. The van der Waals surface area contributed by atoms with Crippen LogP contribution in [0.4, 0.5) is 5.95 Å². The number of nitrogens with two attached hydrogens (primary N) is 1. The summed E-state index contributed by atoms with van der Waals surface area (Å²) in [5.74, 6) is -0.0863. The van der Waals surface area contributed by atoms with Crippen LogP contribution < -0.4 is 10.6 Å². The van der Waals surface area contributed by atoms with Crippen LogP contribution in [0.2, 0.25) is 0 Å². The molecule has 1 atom stereocenters. The molecule has 0 amide bonds. The average molecular weight is 219 g/mol. The smallest absolute Gasteiger partial charge is 0.288 e. The van der Waals surface area contributed by atoms with E-state index in [2.05, 4.69) is 15.3 Å². The summed E-state index contributed by atoms with van der Waals surface area (Å²) >= 11 is 0. The van der Waals surface area contributed by atoms with Crippen LogP contribution in [-0.2, 0) is 0 Å². The lowest BCUT2D eigenvalue weighted by Gasteiger charge is -2.04. The summed E-state index contributed by atoms with van der Waals surface area (Å²) < 4.78 is 0. The molecule has 1 aromatic heterocycles. The second-order valence-electron chi connectivity index (χ2n) is 3.37. The first-order chi connectivity index (χ1) is 7.61. The molecule has 16 heavy (non-hydrogen) atoms. The first-order valence-corrected chi connectivity index (χ1v) is 4.61. The summed E-state index contributed by atoms with van der Waals surface area (Å²) in [6.45, 7) is 1.64. The van der Waals surface area contributed by atoms with Crippen LogP contribution >= 0.6 is 0 Å². The third kappa shape index (κ3) is 1.62. The van der Waals surface area contributed by atoms with Crippen LogP contribution in [0.1, 0.15) is 18.5 Å². The number of hydrogen-bond donors (Lipinski definition) is 1. The molecule has 0 spiro atoms. The molecule has 0 bridgehead atoms. The van der Waals surface area contributed by atoms with Crippen molar-refractivity contribution < 1.29 is 4.85 Å². The van der Waals surface area contributed by atoms with Crippen molar-refractivity contribution in [2.75, 3.05) is 5.73 Å². The molecular formula is C9H9N5O2. The van der Waals surface area contributed by atoms with Crippen LogP contribution in [-0.4, -0.2) is 10.1 Å². The molecule has 1 unspecified atom stereocenters. The number of benzene rings is 1. The van der Waals surface area contributed by atoms with E-state index < -0.39 is 6.04 Å². The van der Waals surface area contributed by atoms with Crippen LogP contribution in [0.25, 0.3) is 11.0 Å². The highest BCUT2D eigenvalue weighted by Gasteiger charge is 2.13. The molecule has 7 nitrogen and oxygen atoms in total. The minimum atomic E-state index is -0.512. The lowest BCUT2D eigenvalue weighted by Crippen LogP contribution is -2.33. The van der Waals surface area contributed by atoms with E-state index in [9.17, 15) is 10.1 Å². The largest absolute Gasteiger partial charge is 0.594 e. The minimum absolute atomic E-state index is 0.0863. The van der Waals surface area contributed by atoms with Crippen LogP contribution in [0.5, 0.6) is 0 Å². The molecule has 0 saturated heterocycles. The van der Waals surface area contributed by atoms with Crippen molar-refractivity contribution in [2.24, 2.45) is 5.18 Å². The average Bonchev–Trinajstić information content (AvgIpc) is 2.27. The fraction of sp³-hybridized carbons (Fsp3) is 0.222. The van der Waals surface area contributed by atoms with Gasteiger partial charge in [-0.3, -0.25) is 0 Å². The SMILES string of the molecule is CC(N=O)c1ccc2nc(N)n[n+]([O-])c2c1. The first-order valence-electron chi connectivity index (χ1n) is 4.61. The van der Waals surface area contributed by atoms with Crippen molar-refractivity contribution in [3.05, 3.63) is 33.9 Å². The van der Waals surface area contributed by atoms with Crippen LogP contribution in [0.3, 0.4) is 0 Å². The third-order valence-electron chi connectivity index (χ3n) is 2.27. The first kappa shape index (κ1) is 10.2. The minimum Gasteiger partial charge on any atom is -0.594 e. The Morgan fingerprint density at radius 2 is 2.31 bits per heavy atom. The molecule has 1 heterocycles. The summed E-state index contributed by atoms with van der Waals surface area (Å²) in [6.07, 6.45) is 0. The molecule has 2 aromatic rings. The van der Waals surface area contributed by atoms with Gasteiger partial charge >= 0.3 is 0 Å². The van der Waals surface area contributed by atoms with Crippen molar-refractivity contribution in [2.45, 2.75) is 13.0 Å². The molecule has 2 rings (SSSR count). The quantitative estimate of drug-likeness (QED) is 0.453. The molecule has 0 radical (unpaired) electrons. The van der Waals surface area contributed by atoms with Crippen LogP contribution in [0.15, 0.2) is 23.4 Å². The molecule has 2 N–H and O–H groups in total. The Kier molecular flexibility index (Phi) is 2.35. The summed E-state index contributed by atoms with van der Waals surface area (Å²) in [7, 11) is 0. The predicted octanol–water partition coefficient (Wildman–Crippen LogP) is 0.673. The van der Waals surface area contributed by atoms with Gasteiger partial charge in [-0.2, -0.15) is 4.91 Å². The monoisotopic (exact) mass is 219 g/mol. The number of rotatable bonds is 2. The van der Waals surface area contributed by atoms with Gasteiger partial charge in [0, 0.05) is 6.07 Å². The zero-order valence-corrected chi connectivity index (χ0v) is 8.49. The van der Waals surface area contributed by atoms with E-state index in [1.165, 1.54) is 6.07 Å². The number of nitroso groups, excluding NO2 is 1. The molecule has 0 fully saturated rings. The third-order valence-corrected chi connectivity index (χ3v) is 2.27. The Morgan fingerprint density at radius 1 is 1.56 bits per heavy atom. The van der Waals surface area contributed by atoms with Crippen molar-refractivity contribution >= 4 is 17.0 Å². The Labute approximate surface area is 90.5 Å². The van der Waals surface area contributed by atoms with Gasteiger partial charge in [0.2, 0.25) is 0 Å².